The van der Waals surface area contributed by atoms with Crippen molar-refractivity contribution in [2.45, 2.75) is 25.9 Å². The molecule has 0 unspecified atom stereocenters. The van der Waals surface area contributed by atoms with Crippen LogP contribution < -0.4 is 10.9 Å². The van der Waals surface area contributed by atoms with Gasteiger partial charge in [0, 0.05) is 0 Å². The van der Waals surface area contributed by atoms with Crippen LogP contribution in [0, 0.1) is 0 Å². The van der Waals surface area contributed by atoms with Gasteiger partial charge in [0.05, 0.1) is 21.9 Å². The van der Waals surface area contributed by atoms with E-state index in [1.807, 2.05) is 12.1 Å². The first-order chi connectivity index (χ1) is 8.80. The summed E-state index contributed by atoms with van der Waals surface area (Å²) in [5.41, 5.74) is 4.53. The van der Waals surface area contributed by atoms with Crippen molar-refractivity contribution >= 4 is 37.7 Å². The van der Waals surface area contributed by atoms with E-state index in [2.05, 4.69) is 52.9 Å². The minimum absolute atomic E-state index is 0.227. The lowest BCUT2D eigenvalue weighted by molar-refractivity contribution is 0.790. The van der Waals surface area contributed by atoms with E-state index in [0.717, 1.165) is 11.0 Å². The first-order valence-corrected chi connectivity index (χ1v) is 10.5. The lowest BCUT2D eigenvalue weighted by Crippen LogP contribution is -2.33. The Bertz CT molecular complexity index is 588. The normalized spacial score (nSPS) is 14.1. The average molecular weight is 292 g/mol. The molecule has 1 heterocycles. The summed E-state index contributed by atoms with van der Waals surface area (Å²) in [5, 5.41) is 0.270. The third-order valence-corrected chi connectivity index (χ3v) is 7.58. The number of rotatable bonds is 2. The van der Waals surface area contributed by atoms with Gasteiger partial charge in [-0.25, -0.2) is 9.97 Å². The smallest absolute Gasteiger partial charge is 0.0899 e. The van der Waals surface area contributed by atoms with Gasteiger partial charge in [-0.1, -0.05) is 48.7 Å². The Morgan fingerprint density at radius 3 is 1.74 bits per heavy atom. The molecule has 2 aromatic rings. The molecule has 0 spiro atoms. The summed E-state index contributed by atoms with van der Waals surface area (Å²) in [5.74, 6) is 0. The van der Waals surface area contributed by atoms with Gasteiger partial charge in [0.15, 0.2) is 0 Å². The van der Waals surface area contributed by atoms with Crippen LogP contribution in [0.5, 0.6) is 0 Å². The van der Waals surface area contributed by atoms with E-state index < -0.39 is 0 Å². The van der Waals surface area contributed by atoms with Crippen LogP contribution in [0.3, 0.4) is 0 Å². The molecular weight excluding hydrogens is 270 g/mol. The van der Waals surface area contributed by atoms with Crippen LogP contribution in [-0.2, 0) is 0 Å². The second-order valence-corrected chi connectivity index (χ2v) is 11.1. The quantitative estimate of drug-likeness (QED) is 0.791. The van der Waals surface area contributed by atoms with E-state index >= 15 is 0 Å². The number of hydrogen-bond acceptors (Lipinski definition) is 2. The molecule has 2 nitrogen and oxygen atoms in total. The summed E-state index contributed by atoms with van der Waals surface area (Å²) in [7, 11) is -0.527. The molecule has 102 valence electrons. The van der Waals surface area contributed by atoms with E-state index in [4.69, 9.17) is 9.97 Å². The topological polar surface area (TPSA) is 25.8 Å². The van der Waals surface area contributed by atoms with E-state index in [0.29, 0.717) is 0 Å². The van der Waals surface area contributed by atoms with Gasteiger partial charge in [0.2, 0.25) is 0 Å². The van der Waals surface area contributed by atoms with Crippen LogP contribution in [0.25, 0.3) is 11.0 Å². The van der Waals surface area contributed by atoms with Crippen molar-refractivity contribution in [3.05, 3.63) is 24.3 Å². The molecule has 0 saturated carbocycles. The van der Waals surface area contributed by atoms with Crippen molar-refractivity contribution in [3.63, 3.8) is 0 Å². The number of benzene rings is 1. The van der Waals surface area contributed by atoms with Crippen LogP contribution in [0.15, 0.2) is 24.3 Å². The van der Waals surface area contributed by atoms with E-state index in [1.54, 1.807) is 0 Å². The summed E-state index contributed by atoms with van der Waals surface area (Å²) in [6.07, 6.45) is 0. The minimum atomic E-state index is -0.301. The fourth-order valence-corrected chi connectivity index (χ4v) is 4.88. The molecule has 0 aliphatic rings. The summed E-state index contributed by atoms with van der Waals surface area (Å²) in [6, 6.07) is 8.20. The zero-order chi connectivity index (χ0) is 14.2. The number of fused-ring (bicyclic) bond motifs is 1. The molecule has 4 heteroatoms. The van der Waals surface area contributed by atoms with Gasteiger partial charge in [-0.2, -0.15) is 0 Å². The van der Waals surface area contributed by atoms with Crippen molar-refractivity contribution in [3.8, 4) is 0 Å². The molecule has 0 N–H and O–H groups in total. The Hall–Kier alpha value is -0.580. The standard InChI is InChI=1S/C15H22N2P2/c1-15(2,3)19(6)14-13(18(4)5)16-11-9-7-8-10-12(11)17-14/h7-10H,1-6H3/t19-/m0/s1. The highest BCUT2D eigenvalue weighted by molar-refractivity contribution is 7.71. The third kappa shape index (κ3) is 3.12. The van der Waals surface area contributed by atoms with E-state index in [9.17, 15) is 0 Å². The first kappa shape index (κ1) is 14.8. The molecule has 0 aliphatic carbocycles. The maximum atomic E-state index is 4.95. The third-order valence-electron chi connectivity index (χ3n) is 3.28. The number of aromatic nitrogens is 2. The van der Waals surface area contributed by atoms with Gasteiger partial charge in [0.1, 0.15) is 0 Å². The molecule has 1 atom stereocenters. The van der Waals surface area contributed by atoms with Crippen LogP contribution in [0.2, 0.25) is 0 Å². The molecule has 2 rings (SSSR count). The maximum absolute atomic E-state index is 4.95. The van der Waals surface area contributed by atoms with Crippen molar-refractivity contribution < 1.29 is 0 Å². The van der Waals surface area contributed by atoms with Gasteiger partial charge in [-0.3, -0.25) is 0 Å². The number of nitrogens with zero attached hydrogens (tertiary/aromatic N) is 2. The fourth-order valence-electron chi connectivity index (χ4n) is 1.82. The minimum Gasteiger partial charge on any atom is -0.244 e. The molecule has 0 saturated heterocycles. The SMILES string of the molecule is CP(C)c1nc2ccccc2nc1[P@](C)C(C)(C)C. The second-order valence-electron chi connectivity index (χ2n) is 5.98. The van der Waals surface area contributed by atoms with Gasteiger partial charge in [-0.15, -0.1) is 0 Å². The molecule has 1 aromatic carbocycles. The summed E-state index contributed by atoms with van der Waals surface area (Å²) < 4.78 is 0. The van der Waals surface area contributed by atoms with Gasteiger partial charge in [0.25, 0.3) is 0 Å². The Balaban J connectivity index is 2.67. The molecule has 0 fully saturated rings. The highest BCUT2D eigenvalue weighted by Gasteiger charge is 2.26. The molecule has 0 bridgehead atoms. The van der Waals surface area contributed by atoms with E-state index in [-0.39, 0.29) is 21.0 Å². The van der Waals surface area contributed by atoms with Crippen molar-refractivity contribution in [2.24, 2.45) is 0 Å². The number of para-hydroxylation sites is 2. The maximum Gasteiger partial charge on any atom is 0.0899 e. The zero-order valence-corrected chi connectivity index (χ0v) is 14.4. The predicted octanol–water partition coefficient (Wildman–Crippen LogP) is 3.53. The van der Waals surface area contributed by atoms with Crippen molar-refractivity contribution in [1.29, 1.82) is 0 Å². The van der Waals surface area contributed by atoms with Crippen LogP contribution in [0.1, 0.15) is 20.8 Å². The average Bonchev–Trinajstić information content (AvgIpc) is 2.35. The lowest BCUT2D eigenvalue weighted by Gasteiger charge is -2.29. The van der Waals surface area contributed by atoms with Gasteiger partial charge in [-0.05, 0) is 37.3 Å². The predicted molar refractivity (Wildman–Crippen MR) is 90.2 cm³/mol. The van der Waals surface area contributed by atoms with Crippen molar-refractivity contribution in [2.75, 3.05) is 20.0 Å². The summed E-state index contributed by atoms with van der Waals surface area (Å²) in [4.78, 5) is 9.84. The Labute approximate surface area is 118 Å². The highest BCUT2D eigenvalue weighted by atomic mass is 31.1. The van der Waals surface area contributed by atoms with Crippen LogP contribution >= 0.6 is 15.8 Å². The second kappa shape index (κ2) is 5.43. The molecular formula is C15H22N2P2. The lowest BCUT2D eigenvalue weighted by atomic mass is 10.3. The van der Waals surface area contributed by atoms with Crippen LogP contribution in [0.4, 0.5) is 0 Å². The molecule has 19 heavy (non-hydrogen) atoms. The highest BCUT2D eigenvalue weighted by Crippen LogP contribution is 2.45. The molecule has 1 aromatic heterocycles. The number of hydrogen-bond donors (Lipinski definition) is 0. The van der Waals surface area contributed by atoms with Crippen molar-refractivity contribution in [1.82, 2.24) is 9.97 Å². The van der Waals surface area contributed by atoms with E-state index in [1.165, 1.54) is 10.9 Å². The monoisotopic (exact) mass is 292 g/mol. The Morgan fingerprint density at radius 2 is 1.32 bits per heavy atom. The molecule has 0 radical (unpaired) electrons. The Morgan fingerprint density at radius 1 is 0.842 bits per heavy atom. The largest absolute Gasteiger partial charge is 0.244 e. The summed E-state index contributed by atoms with van der Waals surface area (Å²) in [6.45, 7) is 13.8. The fraction of sp³-hybridized carbons (Fsp3) is 0.467. The Kier molecular flexibility index (Phi) is 4.23. The van der Waals surface area contributed by atoms with Crippen LogP contribution in [-0.4, -0.2) is 35.1 Å². The molecule has 0 amide bonds. The summed E-state index contributed by atoms with van der Waals surface area (Å²) >= 11 is 0. The van der Waals surface area contributed by atoms with Gasteiger partial charge < -0.3 is 0 Å². The first-order valence-electron chi connectivity index (χ1n) is 6.48. The molecule has 0 aliphatic heterocycles. The van der Waals surface area contributed by atoms with Gasteiger partial charge >= 0.3 is 0 Å². The zero-order valence-electron chi connectivity index (χ0n) is 12.6.